The highest BCUT2D eigenvalue weighted by Crippen LogP contribution is 2.27. The van der Waals surface area contributed by atoms with E-state index < -0.39 is 28.7 Å². The Morgan fingerprint density at radius 1 is 1.32 bits per heavy atom. The van der Waals surface area contributed by atoms with E-state index in [1.165, 1.54) is 19.1 Å². The van der Waals surface area contributed by atoms with E-state index >= 15 is 0 Å². The summed E-state index contributed by atoms with van der Waals surface area (Å²) in [7, 11) is -5.20. The third kappa shape index (κ3) is 5.56. The van der Waals surface area contributed by atoms with Crippen LogP contribution in [0, 0.1) is 10.1 Å². The summed E-state index contributed by atoms with van der Waals surface area (Å²) < 4.78 is 26.4. The van der Waals surface area contributed by atoms with Crippen molar-refractivity contribution in [2.45, 2.75) is 32.6 Å². The average molecular weight is 344 g/mol. The lowest BCUT2D eigenvalue weighted by atomic mass is 10.1. The lowest BCUT2D eigenvalue weighted by Gasteiger charge is -2.16. The van der Waals surface area contributed by atoms with Crippen molar-refractivity contribution in [3.63, 3.8) is 0 Å². The zero-order chi connectivity index (χ0) is 17.1. The molecule has 1 rings (SSSR count). The first-order valence-electron chi connectivity index (χ1n) is 6.71. The van der Waals surface area contributed by atoms with E-state index in [0.717, 1.165) is 6.07 Å². The monoisotopic (exact) mass is 344 g/mol. The fourth-order valence-electron chi connectivity index (χ4n) is 1.65. The maximum absolute atomic E-state index is 12.1. The van der Waals surface area contributed by atoms with Gasteiger partial charge in [0, 0.05) is 19.7 Å². The van der Waals surface area contributed by atoms with Crippen molar-refractivity contribution >= 4 is 35.3 Å². The number of nitrogens with one attached hydrogen (secondary N) is 1. The maximum Gasteiger partial charge on any atom is 0.294 e. The Balaban J connectivity index is 3.07. The first-order valence-corrected chi connectivity index (χ1v) is 12.1. The molecule has 0 saturated heterocycles. The molecule has 0 aromatic heterocycles. The number of carbonyl (C=O) groups is 1. The van der Waals surface area contributed by atoms with E-state index in [-0.39, 0.29) is 22.8 Å². The number of nitro benzene ring substituents is 1. The van der Waals surface area contributed by atoms with Gasteiger partial charge in [-0.2, -0.15) is 0 Å². The number of ketones is 1. The van der Waals surface area contributed by atoms with Crippen LogP contribution < -0.4 is 4.72 Å². The van der Waals surface area contributed by atoms with Crippen molar-refractivity contribution in [3.8, 4) is 0 Å². The number of hydrogen-bond acceptors (Lipinski definition) is 5. The molecule has 0 spiro atoms. The van der Waals surface area contributed by atoms with Crippen LogP contribution >= 0.6 is 0 Å². The number of nitrogens with zero attached hydrogens (tertiary/aromatic N) is 1. The lowest BCUT2D eigenvalue weighted by molar-refractivity contribution is -0.383. The zero-order valence-electron chi connectivity index (χ0n) is 13.0. The number of rotatable bonds is 7. The minimum atomic E-state index is -3.66. The molecule has 0 atom stereocenters. The van der Waals surface area contributed by atoms with Crippen molar-refractivity contribution in [2.75, 3.05) is 10.5 Å². The van der Waals surface area contributed by atoms with Gasteiger partial charge in [0.25, 0.3) is 5.69 Å². The number of hydrogen-bond donors (Lipinski definition) is 1. The van der Waals surface area contributed by atoms with E-state index in [9.17, 15) is 23.3 Å². The highest BCUT2D eigenvalue weighted by Gasteiger charge is 2.23. The maximum atomic E-state index is 12.1. The second kappa shape index (κ2) is 6.57. The minimum Gasteiger partial charge on any atom is -0.295 e. The van der Waals surface area contributed by atoms with Crippen LogP contribution in [0.4, 0.5) is 11.4 Å². The SMILES string of the molecule is CC(=O)c1ccc(NS(=O)(=O)CC[Si](C)(C)C)c([N+](=O)[O-])c1. The van der Waals surface area contributed by atoms with Gasteiger partial charge in [0.1, 0.15) is 5.69 Å². The number of benzene rings is 1. The van der Waals surface area contributed by atoms with Gasteiger partial charge < -0.3 is 0 Å². The van der Waals surface area contributed by atoms with Gasteiger partial charge in [0.2, 0.25) is 10.0 Å². The van der Waals surface area contributed by atoms with E-state index in [4.69, 9.17) is 0 Å². The highest BCUT2D eigenvalue weighted by molar-refractivity contribution is 7.92. The second-order valence-corrected chi connectivity index (χ2v) is 13.7. The number of Topliss-reactive ketones (excluding diaryl/α,β-unsaturated/α-hetero) is 1. The Morgan fingerprint density at radius 2 is 1.91 bits per heavy atom. The third-order valence-corrected chi connectivity index (χ3v) is 6.37. The Labute approximate surface area is 130 Å². The summed E-state index contributed by atoms with van der Waals surface area (Å²) in [6, 6.07) is 4.26. The van der Waals surface area contributed by atoms with Crippen molar-refractivity contribution in [2.24, 2.45) is 0 Å². The fraction of sp³-hybridized carbons (Fsp3) is 0.462. The van der Waals surface area contributed by atoms with E-state index in [0.29, 0.717) is 6.04 Å². The van der Waals surface area contributed by atoms with Gasteiger partial charge in [-0.05, 0) is 25.1 Å². The Kier molecular flexibility index (Phi) is 5.47. The summed E-state index contributed by atoms with van der Waals surface area (Å²) in [5.41, 5.74) is -0.383. The first kappa shape index (κ1) is 18.3. The van der Waals surface area contributed by atoms with Crippen molar-refractivity contribution in [1.82, 2.24) is 0 Å². The molecule has 0 aliphatic rings. The number of sulfonamides is 1. The van der Waals surface area contributed by atoms with Crippen LogP contribution in [0.5, 0.6) is 0 Å². The van der Waals surface area contributed by atoms with Crippen LogP contribution in [0.15, 0.2) is 18.2 Å². The van der Waals surface area contributed by atoms with E-state index in [1.54, 1.807) is 0 Å². The number of nitro groups is 1. The number of carbonyl (C=O) groups excluding carboxylic acids is 1. The molecule has 7 nitrogen and oxygen atoms in total. The van der Waals surface area contributed by atoms with Crippen molar-refractivity contribution in [1.29, 1.82) is 0 Å². The molecule has 122 valence electrons. The minimum absolute atomic E-state index is 0.0751. The third-order valence-electron chi connectivity index (χ3n) is 2.99. The molecule has 1 N–H and O–H groups in total. The molecule has 9 heteroatoms. The summed E-state index contributed by atoms with van der Waals surface area (Å²) in [4.78, 5) is 21.6. The van der Waals surface area contributed by atoms with Crippen LogP contribution in [-0.4, -0.2) is 33.0 Å². The summed E-state index contributed by atoms with van der Waals surface area (Å²) in [5, 5.41) is 11.1. The molecule has 22 heavy (non-hydrogen) atoms. The molecule has 1 aromatic rings. The number of anilines is 1. The average Bonchev–Trinajstić information content (AvgIpc) is 2.35. The zero-order valence-corrected chi connectivity index (χ0v) is 14.9. The molecular weight excluding hydrogens is 324 g/mol. The largest absolute Gasteiger partial charge is 0.295 e. The molecule has 0 radical (unpaired) electrons. The van der Waals surface area contributed by atoms with Gasteiger partial charge in [-0.1, -0.05) is 19.6 Å². The van der Waals surface area contributed by atoms with Crippen molar-refractivity contribution in [3.05, 3.63) is 33.9 Å². The van der Waals surface area contributed by atoms with Crippen LogP contribution in [0.1, 0.15) is 17.3 Å². The smallest absolute Gasteiger partial charge is 0.294 e. The molecule has 0 amide bonds. The predicted molar refractivity (Wildman–Crippen MR) is 88.7 cm³/mol. The van der Waals surface area contributed by atoms with Crippen LogP contribution in [0.3, 0.4) is 0 Å². The van der Waals surface area contributed by atoms with Crippen LogP contribution in [-0.2, 0) is 10.0 Å². The molecule has 0 saturated carbocycles. The standard InChI is InChI=1S/C13H20N2O5SSi/c1-10(16)11-5-6-12(13(9-11)15(17)18)14-21(19,20)7-8-22(2,3)4/h5-6,9,14H,7-8H2,1-4H3. The molecule has 0 fully saturated rings. The topological polar surface area (TPSA) is 106 Å². The van der Waals surface area contributed by atoms with Gasteiger partial charge in [0.15, 0.2) is 5.78 Å². The molecule has 0 unspecified atom stereocenters. The van der Waals surface area contributed by atoms with Gasteiger partial charge >= 0.3 is 0 Å². The summed E-state index contributed by atoms with van der Waals surface area (Å²) in [6.45, 7) is 7.43. The Morgan fingerprint density at radius 3 is 2.36 bits per heavy atom. The highest BCUT2D eigenvalue weighted by atomic mass is 32.2. The van der Waals surface area contributed by atoms with E-state index in [2.05, 4.69) is 4.72 Å². The Bertz CT molecular complexity index is 695. The molecule has 0 aliphatic heterocycles. The lowest BCUT2D eigenvalue weighted by Crippen LogP contribution is -2.27. The summed E-state index contributed by atoms with van der Waals surface area (Å²) in [6.07, 6.45) is 0. The van der Waals surface area contributed by atoms with Crippen molar-refractivity contribution < 1.29 is 18.1 Å². The Hall–Kier alpha value is -1.74. The summed E-state index contributed by atoms with van der Waals surface area (Å²) >= 11 is 0. The fourth-order valence-corrected chi connectivity index (χ4v) is 5.78. The molecule has 1 aromatic carbocycles. The van der Waals surface area contributed by atoms with E-state index in [1.807, 2.05) is 19.6 Å². The molecular formula is C13H20N2O5SSi. The van der Waals surface area contributed by atoms with Gasteiger partial charge in [0.05, 0.1) is 10.7 Å². The van der Waals surface area contributed by atoms with Gasteiger partial charge in [-0.3, -0.25) is 19.6 Å². The van der Waals surface area contributed by atoms with Crippen LogP contribution in [0.2, 0.25) is 25.7 Å². The first-order chi connectivity index (χ1) is 9.91. The van der Waals surface area contributed by atoms with Gasteiger partial charge in [-0.25, -0.2) is 8.42 Å². The van der Waals surface area contributed by atoms with Crippen LogP contribution in [0.25, 0.3) is 0 Å². The summed E-state index contributed by atoms with van der Waals surface area (Å²) in [5.74, 6) is -0.398. The molecule has 0 aliphatic carbocycles. The quantitative estimate of drug-likeness (QED) is 0.354. The van der Waals surface area contributed by atoms with Gasteiger partial charge in [-0.15, -0.1) is 0 Å². The predicted octanol–water partition coefficient (Wildman–Crippen LogP) is 2.88. The normalized spacial score (nSPS) is 12.0. The second-order valence-electron chi connectivity index (χ2n) is 6.28. The molecule has 0 heterocycles. The molecule has 0 bridgehead atoms.